The third-order valence-electron chi connectivity index (χ3n) is 8.66. The van der Waals surface area contributed by atoms with Gasteiger partial charge in [-0.05, 0) is 42.5 Å². The van der Waals surface area contributed by atoms with E-state index in [0.717, 1.165) is 38.9 Å². The van der Waals surface area contributed by atoms with E-state index in [4.69, 9.17) is 9.15 Å². The highest BCUT2D eigenvalue weighted by molar-refractivity contribution is 7.26. The number of rotatable bonds is 2. The molecule has 4 nitrogen and oxygen atoms in total. The molecule has 10 rings (SSSR count). The average Bonchev–Trinajstić information content (AvgIpc) is 3.80. The second-order valence-corrected chi connectivity index (χ2v) is 12.0. The molecule has 42 heavy (non-hydrogen) atoms. The monoisotopic (exact) mass is 558 g/mol. The van der Waals surface area contributed by atoms with E-state index >= 15 is 0 Å². The van der Waals surface area contributed by atoms with E-state index in [2.05, 4.69) is 107 Å². The van der Waals surface area contributed by atoms with Crippen molar-refractivity contribution in [2.45, 2.75) is 6.23 Å². The van der Waals surface area contributed by atoms with Gasteiger partial charge in [-0.25, -0.2) is 0 Å². The van der Waals surface area contributed by atoms with Crippen LogP contribution in [-0.4, -0.2) is 4.57 Å². The number of benzene rings is 6. The van der Waals surface area contributed by atoms with E-state index < -0.39 is 0 Å². The van der Waals surface area contributed by atoms with Gasteiger partial charge in [0.25, 0.3) is 0 Å². The van der Waals surface area contributed by atoms with Gasteiger partial charge < -0.3 is 19.0 Å². The van der Waals surface area contributed by atoms with Crippen LogP contribution in [0, 0.1) is 0 Å². The third kappa shape index (κ3) is 2.90. The predicted molar refractivity (Wildman–Crippen MR) is 174 cm³/mol. The number of fused-ring (bicyclic) bond motifs is 11. The van der Waals surface area contributed by atoms with Crippen molar-refractivity contribution in [3.63, 3.8) is 0 Å². The van der Waals surface area contributed by atoms with E-state index in [1.807, 2.05) is 35.6 Å². The summed E-state index contributed by atoms with van der Waals surface area (Å²) < 4.78 is 17.9. The van der Waals surface area contributed by atoms with Crippen LogP contribution in [0.1, 0.15) is 11.8 Å². The summed E-state index contributed by atoms with van der Waals surface area (Å²) in [6.07, 6.45) is -0.327. The topological polar surface area (TPSA) is 39.3 Å². The lowest BCUT2D eigenvalue weighted by molar-refractivity contribution is 0.264. The minimum atomic E-state index is -0.327. The standard InChI is InChI=1S/C37H22N2O2S/c1-5-13-27-21(9-1)22-10-2-6-14-28(22)39(27)29-19-17-25(33-24-12-4-8-16-32(24)42-36(29)33)37-38-26-18-20-31-34(35(26)41-37)23-11-3-7-15-30(23)40-31/h1-20,37-38H. The minimum Gasteiger partial charge on any atom is -0.463 e. The van der Waals surface area contributed by atoms with Crippen LogP contribution in [0.5, 0.6) is 5.75 Å². The number of hydrogen-bond donors (Lipinski definition) is 1. The highest BCUT2D eigenvalue weighted by Gasteiger charge is 2.30. The molecule has 0 saturated heterocycles. The summed E-state index contributed by atoms with van der Waals surface area (Å²) >= 11 is 1.85. The molecule has 6 aromatic carbocycles. The molecule has 1 unspecified atom stereocenters. The number of furan rings is 1. The van der Waals surface area contributed by atoms with Gasteiger partial charge in [0.1, 0.15) is 11.2 Å². The first-order chi connectivity index (χ1) is 20.8. The summed E-state index contributed by atoms with van der Waals surface area (Å²) in [4.78, 5) is 0. The van der Waals surface area contributed by atoms with Gasteiger partial charge in [0.2, 0.25) is 0 Å². The molecular formula is C37H22N2O2S. The van der Waals surface area contributed by atoms with Crippen LogP contribution in [0.3, 0.4) is 0 Å². The lowest BCUT2D eigenvalue weighted by Gasteiger charge is -2.16. The number of nitrogens with zero attached hydrogens (tertiary/aromatic N) is 1. The number of para-hydroxylation sites is 3. The molecule has 0 fully saturated rings. The van der Waals surface area contributed by atoms with Gasteiger partial charge in [-0.1, -0.05) is 78.9 Å². The summed E-state index contributed by atoms with van der Waals surface area (Å²) in [5.74, 6) is 0.849. The van der Waals surface area contributed by atoms with E-state index in [1.54, 1.807) is 0 Å². The molecular weight excluding hydrogens is 536 g/mol. The molecule has 198 valence electrons. The Morgan fingerprint density at radius 3 is 2.10 bits per heavy atom. The Hall–Kier alpha value is -5.26. The van der Waals surface area contributed by atoms with Crippen LogP contribution < -0.4 is 10.1 Å². The molecule has 4 heterocycles. The summed E-state index contributed by atoms with van der Waals surface area (Å²) in [6.45, 7) is 0. The molecule has 0 amide bonds. The zero-order valence-corrected chi connectivity index (χ0v) is 23.1. The summed E-state index contributed by atoms with van der Waals surface area (Å²) in [5.41, 5.74) is 7.43. The third-order valence-corrected chi connectivity index (χ3v) is 9.85. The zero-order chi connectivity index (χ0) is 27.4. The molecule has 0 radical (unpaired) electrons. The van der Waals surface area contributed by atoms with Gasteiger partial charge in [0.15, 0.2) is 12.0 Å². The average molecular weight is 559 g/mol. The van der Waals surface area contributed by atoms with Crippen LogP contribution in [-0.2, 0) is 0 Å². The molecule has 5 heteroatoms. The highest BCUT2D eigenvalue weighted by atomic mass is 32.1. The number of ether oxygens (including phenoxy) is 1. The Morgan fingerprint density at radius 2 is 1.29 bits per heavy atom. The van der Waals surface area contributed by atoms with Crippen LogP contribution >= 0.6 is 11.3 Å². The molecule has 0 bridgehead atoms. The van der Waals surface area contributed by atoms with Crippen molar-refractivity contribution in [3.05, 3.63) is 127 Å². The maximum atomic E-state index is 6.80. The predicted octanol–water partition coefficient (Wildman–Crippen LogP) is 10.6. The molecule has 0 saturated carbocycles. The highest BCUT2D eigenvalue weighted by Crippen LogP contribution is 2.50. The van der Waals surface area contributed by atoms with Crippen LogP contribution in [0.2, 0.25) is 0 Å². The lowest BCUT2D eigenvalue weighted by Crippen LogP contribution is -2.11. The van der Waals surface area contributed by atoms with Crippen LogP contribution in [0.4, 0.5) is 5.69 Å². The van der Waals surface area contributed by atoms with Crippen molar-refractivity contribution in [2.24, 2.45) is 0 Å². The van der Waals surface area contributed by atoms with Crippen molar-refractivity contribution in [3.8, 4) is 11.4 Å². The fourth-order valence-corrected chi connectivity index (χ4v) is 8.11. The number of nitrogens with one attached hydrogen (secondary N) is 1. The van der Waals surface area contributed by atoms with Crippen molar-refractivity contribution < 1.29 is 9.15 Å². The van der Waals surface area contributed by atoms with Gasteiger partial charge in [0.05, 0.1) is 32.5 Å². The zero-order valence-electron chi connectivity index (χ0n) is 22.3. The molecule has 1 aliphatic heterocycles. The number of aromatic nitrogens is 1. The van der Waals surface area contributed by atoms with Crippen molar-refractivity contribution in [1.29, 1.82) is 0 Å². The van der Waals surface area contributed by atoms with Crippen molar-refractivity contribution >= 4 is 80.9 Å². The van der Waals surface area contributed by atoms with E-state index in [0.29, 0.717) is 0 Å². The molecule has 1 atom stereocenters. The SMILES string of the molecule is c1ccc2c(c1)oc1ccc3c(c12)OC(c1ccc(-n2c4ccccc4c4ccccc42)c2sc4ccccc4c12)N3. The van der Waals surface area contributed by atoms with Gasteiger partial charge >= 0.3 is 0 Å². The number of anilines is 1. The molecule has 1 aliphatic rings. The fraction of sp³-hybridized carbons (Fsp3) is 0.0270. The lowest BCUT2D eigenvalue weighted by atomic mass is 10.0. The number of hydrogen-bond acceptors (Lipinski definition) is 4. The first kappa shape index (κ1) is 22.4. The first-order valence-corrected chi connectivity index (χ1v) is 15.0. The van der Waals surface area contributed by atoms with Gasteiger partial charge in [-0.15, -0.1) is 11.3 Å². The second-order valence-electron chi connectivity index (χ2n) is 10.9. The first-order valence-electron chi connectivity index (χ1n) is 14.1. The normalized spacial score (nSPS) is 14.8. The Kier molecular flexibility index (Phi) is 4.35. The molecule has 9 aromatic rings. The van der Waals surface area contributed by atoms with Crippen LogP contribution in [0.25, 0.3) is 69.6 Å². The quantitative estimate of drug-likeness (QED) is 0.229. The molecule has 0 spiro atoms. The van der Waals surface area contributed by atoms with Gasteiger partial charge in [-0.3, -0.25) is 0 Å². The Morgan fingerprint density at radius 1 is 0.595 bits per heavy atom. The van der Waals surface area contributed by atoms with Crippen LogP contribution in [0.15, 0.2) is 126 Å². The van der Waals surface area contributed by atoms with E-state index in [9.17, 15) is 0 Å². The van der Waals surface area contributed by atoms with Gasteiger partial charge in [-0.2, -0.15) is 0 Å². The summed E-state index contributed by atoms with van der Waals surface area (Å²) in [7, 11) is 0. The Bertz CT molecular complexity index is 2500. The minimum absolute atomic E-state index is 0.327. The molecule has 1 N–H and O–H groups in total. The van der Waals surface area contributed by atoms with E-state index in [-0.39, 0.29) is 6.23 Å². The Labute approximate surface area is 244 Å². The number of thiophene rings is 1. The maximum absolute atomic E-state index is 6.80. The molecule has 0 aliphatic carbocycles. The maximum Gasteiger partial charge on any atom is 0.197 e. The fourth-order valence-electron chi connectivity index (χ4n) is 6.87. The smallest absolute Gasteiger partial charge is 0.197 e. The summed E-state index contributed by atoms with van der Waals surface area (Å²) in [5, 5.41) is 10.8. The van der Waals surface area contributed by atoms with Crippen molar-refractivity contribution in [2.75, 3.05) is 5.32 Å². The Balaban J connectivity index is 1.23. The second kappa shape index (κ2) is 8.15. The largest absolute Gasteiger partial charge is 0.463 e. The van der Waals surface area contributed by atoms with Crippen molar-refractivity contribution in [1.82, 2.24) is 4.57 Å². The summed E-state index contributed by atoms with van der Waals surface area (Å²) in [6, 6.07) is 42.9. The van der Waals surface area contributed by atoms with Gasteiger partial charge in [0, 0.05) is 37.2 Å². The van der Waals surface area contributed by atoms with E-state index in [1.165, 1.54) is 47.7 Å². The molecule has 3 aromatic heterocycles.